The van der Waals surface area contributed by atoms with Crippen molar-refractivity contribution in [1.82, 2.24) is 15.6 Å². The normalized spacial score (nSPS) is 33.3. The lowest BCUT2D eigenvalue weighted by molar-refractivity contribution is -0.150. The van der Waals surface area contributed by atoms with Gasteiger partial charge in [-0.2, -0.15) is 0 Å². The third kappa shape index (κ3) is 7.18. The van der Waals surface area contributed by atoms with Crippen molar-refractivity contribution in [3.05, 3.63) is 46.0 Å². The van der Waals surface area contributed by atoms with E-state index in [0.717, 1.165) is 0 Å². The van der Waals surface area contributed by atoms with Crippen LogP contribution in [0.5, 0.6) is 0 Å². The second-order valence-corrected chi connectivity index (χ2v) is 13.4. The molecule has 0 aliphatic carbocycles. The minimum atomic E-state index is -2.06. The van der Waals surface area contributed by atoms with Gasteiger partial charge in [-0.15, -0.1) is 11.3 Å². The number of aromatic nitrogens is 1. The number of carbonyl (C=O) groups excluding carboxylic acids is 5. The number of esters is 1. The molecule has 39 heavy (non-hydrogen) atoms. The van der Waals surface area contributed by atoms with E-state index in [1.54, 1.807) is 31.4 Å². The zero-order valence-electron chi connectivity index (χ0n) is 21.5. The second kappa shape index (κ2) is 12.9. The van der Waals surface area contributed by atoms with Crippen LogP contribution in [0.2, 0.25) is 0 Å². The molecule has 1 spiro atoms. The van der Waals surface area contributed by atoms with Crippen molar-refractivity contribution in [3.63, 3.8) is 0 Å². The van der Waals surface area contributed by atoms with E-state index in [2.05, 4.69) is 15.6 Å². The Bertz CT molecular complexity index is 1270. The summed E-state index contributed by atoms with van der Waals surface area (Å²) in [6.45, 7) is 4.22. The molecular formula is C25H29N3O8S3. The number of ether oxygens (including phenoxy) is 1. The molecule has 0 aromatic carbocycles. The number of ketones is 1. The van der Waals surface area contributed by atoms with Gasteiger partial charge in [-0.25, -0.2) is 9.19 Å². The molecule has 210 valence electrons. The predicted octanol–water partition coefficient (Wildman–Crippen LogP) is 1.67. The summed E-state index contributed by atoms with van der Waals surface area (Å²) in [5.41, 5.74) is -0.936. The van der Waals surface area contributed by atoms with Crippen LogP contribution in [0.15, 0.2) is 35.3 Å². The van der Waals surface area contributed by atoms with Gasteiger partial charge in [-0.1, -0.05) is 17.7 Å². The summed E-state index contributed by atoms with van der Waals surface area (Å²) in [4.78, 5) is 65.7. The molecule has 5 atom stereocenters. The van der Waals surface area contributed by atoms with Crippen molar-refractivity contribution in [3.8, 4) is 0 Å². The molecule has 2 aliphatic heterocycles. The number of aliphatic hydroxyl groups is 1. The topological polar surface area (TPSA) is 169 Å². The summed E-state index contributed by atoms with van der Waals surface area (Å²) in [6.07, 6.45) is 6.08. The summed E-state index contributed by atoms with van der Waals surface area (Å²) in [5.74, 6) is -1.90. The largest absolute Gasteiger partial charge is 0.448 e. The van der Waals surface area contributed by atoms with Crippen LogP contribution in [-0.2, 0) is 38.5 Å². The monoisotopic (exact) mass is 595 g/mol. The molecular weight excluding hydrogens is 566 g/mol. The number of allylic oxidation sites excluding steroid dienone is 3. The molecule has 1 fully saturated rings. The summed E-state index contributed by atoms with van der Waals surface area (Å²) >= 11 is 1.31. The summed E-state index contributed by atoms with van der Waals surface area (Å²) < 4.78 is 16.9. The highest BCUT2D eigenvalue weighted by atomic mass is 33.1. The lowest BCUT2D eigenvalue weighted by atomic mass is 9.81. The number of hydrogen-bond acceptors (Lipinski definition) is 11. The molecule has 11 nitrogen and oxygen atoms in total. The first kappa shape index (κ1) is 30.6. The standard InChI is InChI=1S/C25H29N3O8S3/c1-15-8-9-25(24(3,34)23(33)38-39(25)35)11-20(31)27-16(2)22-28-17(13-37-22)6-4-5-7-18(30)19(10-15)36-21(32)12-26-14-29/h4-7,10,13-14,16,19,34H,8-9,11-12H2,1-3H3,(H,26,29)(H,27,31)/b6-4-,7-5+,15-10+/t16-,19+,24-,25+,39?/m0/s1. The molecule has 14 heteroatoms. The molecule has 0 radical (unpaired) electrons. The van der Waals surface area contributed by atoms with Crippen LogP contribution in [0.25, 0.3) is 6.08 Å². The van der Waals surface area contributed by atoms with Gasteiger partial charge in [0.25, 0.3) is 0 Å². The lowest BCUT2D eigenvalue weighted by Gasteiger charge is -2.36. The molecule has 0 saturated carbocycles. The zero-order chi connectivity index (χ0) is 28.8. The van der Waals surface area contributed by atoms with Crippen LogP contribution in [0.4, 0.5) is 0 Å². The molecule has 1 saturated heterocycles. The van der Waals surface area contributed by atoms with Crippen LogP contribution in [-0.4, -0.2) is 66.5 Å². The number of nitrogens with zero attached hydrogens (tertiary/aromatic N) is 1. The highest BCUT2D eigenvalue weighted by Gasteiger charge is 2.63. The fourth-order valence-corrected chi connectivity index (χ4v) is 8.78. The summed E-state index contributed by atoms with van der Waals surface area (Å²) in [6, 6.07) is -0.480. The van der Waals surface area contributed by atoms with Gasteiger partial charge in [0, 0.05) is 22.6 Å². The van der Waals surface area contributed by atoms with Gasteiger partial charge in [0.15, 0.2) is 11.9 Å². The molecule has 1 aromatic rings. The van der Waals surface area contributed by atoms with E-state index in [-0.39, 0.29) is 12.8 Å². The highest BCUT2D eigenvalue weighted by molar-refractivity contribution is 8.76. The zero-order valence-corrected chi connectivity index (χ0v) is 24.0. The number of nitrogens with one attached hydrogen (secondary N) is 2. The van der Waals surface area contributed by atoms with Gasteiger partial charge in [0.05, 0.1) is 21.6 Å². The number of thiazole rings is 1. The average Bonchev–Trinajstić information content (AvgIpc) is 3.40. The van der Waals surface area contributed by atoms with Gasteiger partial charge < -0.3 is 20.5 Å². The Morgan fingerprint density at radius 1 is 1.33 bits per heavy atom. The number of carbonyl (C=O) groups is 5. The van der Waals surface area contributed by atoms with Crippen LogP contribution in [0.1, 0.15) is 56.8 Å². The van der Waals surface area contributed by atoms with Crippen molar-refractivity contribution >= 4 is 67.2 Å². The van der Waals surface area contributed by atoms with E-state index >= 15 is 0 Å². The summed E-state index contributed by atoms with van der Waals surface area (Å²) in [7, 11) is -1.44. The highest BCUT2D eigenvalue weighted by Crippen LogP contribution is 2.50. The Morgan fingerprint density at radius 2 is 2.05 bits per heavy atom. The molecule has 3 rings (SSSR count). The maximum atomic E-state index is 13.2. The Balaban J connectivity index is 2.01. The molecule has 1 aromatic heterocycles. The van der Waals surface area contributed by atoms with Crippen molar-refractivity contribution in [2.24, 2.45) is 0 Å². The van der Waals surface area contributed by atoms with E-state index in [1.165, 1.54) is 36.5 Å². The molecule has 2 aliphatic rings. The van der Waals surface area contributed by atoms with Gasteiger partial charge in [0.1, 0.15) is 21.9 Å². The SMILES string of the molecule is C/C1=C\[C@@H](OC(=O)CNC=O)C(=O)/C=C/C=C\c2csc(n2)[C@H](C)NC(=O)C[C@@]2(CC1)S(=O)SC(=O)[C@]2(C)O. The molecule has 2 bridgehead atoms. The first-order valence-electron chi connectivity index (χ1n) is 11.9. The summed E-state index contributed by atoms with van der Waals surface area (Å²) in [5, 5.41) is 17.8. The van der Waals surface area contributed by atoms with E-state index < -0.39 is 68.1 Å². The van der Waals surface area contributed by atoms with Crippen molar-refractivity contribution in [1.29, 1.82) is 0 Å². The first-order chi connectivity index (χ1) is 18.4. The number of hydrogen-bond donors (Lipinski definition) is 3. The Labute approximate surface area is 235 Å². The van der Waals surface area contributed by atoms with E-state index in [9.17, 15) is 33.3 Å². The minimum absolute atomic E-state index is 0.0307. The van der Waals surface area contributed by atoms with Crippen molar-refractivity contribution in [2.45, 2.75) is 62.5 Å². The fraction of sp³-hybridized carbons (Fsp3) is 0.440. The smallest absolute Gasteiger partial charge is 0.326 e. The fourth-order valence-electron chi connectivity index (χ4n) is 4.04. The maximum Gasteiger partial charge on any atom is 0.326 e. The van der Waals surface area contributed by atoms with Gasteiger partial charge in [0.2, 0.25) is 17.4 Å². The lowest BCUT2D eigenvalue weighted by Crippen LogP contribution is -2.55. The first-order valence-corrected chi connectivity index (χ1v) is 15.3. The van der Waals surface area contributed by atoms with Crippen LogP contribution >= 0.6 is 22.1 Å². The quantitative estimate of drug-likeness (QED) is 0.201. The van der Waals surface area contributed by atoms with Crippen LogP contribution in [0.3, 0.4) is 0 Å². The van der Waals surface area contributed by atoms with Crippen LogP contribution in [0, 0.1) is 0 Å². The van der Waals surface area contributed by atoms with E-state index in [0.29, 0.717) is 33.5 Å². The van der Waals surface area contributed by atoms with Crippen molar-refractivity contribution < 1.29 is 38.0 Å². The van der Waals surface area contributed by atoms with Crippen LogP contribution < -0.4 is 10.6 Å². The molecule has 2 amide bonds. The van der Waals surface area contributed by atoms with Gasteiger partial charge in [-0.05, 0) is 51.8 Å². The number of amides is 2. The van der Waals surface area contributed by atoms with Gasteiger partial charge >= 0.3 is 5.97 Å². The third-order valence-corrected chi connectivity index (χ3v) is 11.4. The maximum absolute atomic E-state index is 13.2. The predicted molar refractivity (Wildman–Crippen MR) is 148 cm³/mol. The Hall–Kier alpha value is -2.94. The Morgan fingerprint density at radius 3 is 2.72 bits per heavy atom. The van der Waals surface area contributed by atoms with Crippen molar-refractivity contribution in [2.75, 3.05) is 6.54 Å². The molecule has 3 heterocycles. The van der Waals surface area contributed by atoms with E-state index in [1.807, 2.05) is 0 Å². The number of fused-ring (bicyclic) bond motifs is 2. The molecule has 1 unspecified atom stereocenters. The Kier molecular flexibility index (Phi) is 10.2. The molecule has 3 N–H and O–H groups in total. The third-order valence-electron chi connectivity index (χ3n) is 6.36. The second-order valence-electron chi connectivity index (χ2n) is 9.29. The number of rotatable bonds is 4. The van der Waals surface area contributed by atoms with Gasteiger partial charge in [-0.3, -0.25) is 24.0 Å². The average molecular weight is 596 g/mol. The van der Waals surface area contributed by atoms with E-state index in [4.69, 9.17) is 4.74 Å². The minimum Gasteiger partial charge on any atom is -0.448 e.